The number of aryl methyl sites for hydroxylation is 2. The van der Waals surface area contributed by atoms with Crippen LogP contribution < -0.4 is 0 Å². The zero-order valence-electron chi connectivity index (χ0n) is 6.50. The van der Waals surface area contributed by atoms with Crippen molar-refractivity contribution in [1.29, 1.82) is 0 Å². The Bertz CT molecular complexity index is 332. The Morgan fingerprint density at radius 2 is 1.73 bits per heavy atom. The Morgan fingerprint density at radius 1 is 1.09 bits per heavy atom. The monoisotopic (exact) mass is 170 g/mol. The van der Waals surface area contributed by atoms with Crippen molar-refractivity contribution in [3.63, 3.8) is 0 Å². The third-order valence-electron chi connectivity index (χ3n) is 1.70. The van der Waals surface area contributed by atoms with Gasteiger partial charge < -0.3 is 0 Å². The van der Waals surface area contributed by atoms with Crippen LogP contribution in [0.15, 0.2) is 23.1 Å². The lowest BCUT2D eigenvalue weighted by Crippen LogP contribution is -1.84. The average molecular weight is 170 g/mol. The maximum Gasteiger partial charge on any atom is 0.168 e. The average Bonchev–Trinajstić information content (AvgIpc) is 1.94. The molecule has 0 N–H and O–H groups in total. The van der Waals surface area contributed by atoms with Crippen molar-refractivity contribution in [2.45, 2.75) is 18.7 Å². The second-order valence-electron chi connectivity index (χ2n) is 2.53. The van der Waals surface area contributed by atoms with Gasteiger partial charge in [-0.3, -0.25) is 0 Å². The minimum atomic E-state index is -2.42. The van der Waals surface area contributed by atoms with Gasteiger partial charge in [-0.15, -0.1) is 0 Å². The lowest BCUT2D eigenvalue weighted by molar-refractivity contribution is 0.614. The lowest BCUT2D eigenvalue weighted by Gasteiger charge is -1.98. The van der Waals surface area contributed by atoms with Gasteiger partial charge in [-0.2, -0.15) is 0 Å². The molecule has 0 amide bonds. The van der Waals surface area contributed by atoms with Gasteiger partial charge in [0, 0.05) is 0 Å². The molecular weight excluding hydrogens is 160 g/mol. The topological polar surface area (TPSA) is 34.1 Å². The van der Waals surface area contributed by atoms with E-state index in [9.17, 15) is 8.42 Å². The van der Waals surface area contributed by atoms with Crippen molar-refractivity contribution in [2.24, 2.45) is 0 Å². The first-order valence-electron chi connectivity index (χ1n) is 3.33. The van der Waals surface area contributed by atoms with E-state index in [0.717, 1.165) is 11.1 Å². The number of thiol groups is 1. The quantitative estimate of drug-likeness (QED) is 0.644. The summed E-state index contributed by atoms with van der Waals surface area (Å²) >= 11 is 0. The normalized spacial score (nSPS) is 10.5. The summed E-state index contributed by atoms with van der Waals surface area (Å²) in [6, 6.07) is 5.12. The van der Waals surface area contributed by atoms with Gasteiger partial charge in [0.05, 0.1) is 4.90 Å². The molecule has 0 bridgehead atoms. The van der Waals surface area contributed by atoms with Crippen LogP contribution in [0.25, 0.3) is 0 Å². The molecule has 0 aliphatic heterocycles. The molecule has 0 fully saturated rings. The van der Waals surface area contributed by atoms with E-state index in [1.807, 2.05) is 19.9 Å². The Balaban J connectivity index is 3.26. The molecule has 0 saturated carbocycles. The van der Waals surface area contributed by atoms with E-state index in [1.54, 1.807) is 12.1 Å². The summed E-state index contributed by atoms with van der Waals surface area (Å²) < 4.78 is 21.0. The molecule has 60 valence electrons. The maximum atomic E-state index is 10.5. The number of benzene rings is 1. The molecule has 0 aliphatic carbocycles. The summed E-state index contributed by atoms with van der Waals surface area (Å²) in [5, 5.41) is 0. The van der Waals surface area contributed by atoms with Gasteiger partial charge >= 0.3 is 0 Å². The van der Waals surface area contributed by atoms with Gasteiger partial charge in [0.1, 0.15) is 0 Å². The van der Waals surface area contributed by atoms with E-state index in [2.05, 4.69) is 0 Å². The van der Waals surface area contributed by atoms with E-state index in [-0.39, 0.29) is 0 Å². The van der Waals surface area contributed by atoms with Gasteiger partial charge in [-0.25, -0.2) is 8.42 Å². The predicted octanol–water partition coefficient (Wildman–Crippen LogP) is 1.27. The van der Waals surface area contributed by atoms with Crippen molar-refractivity contribution in [1.82, 2.24) is 0 Å². The molecule has 1 rings (SSSR count). The highest BCUT2D eigenvalue weighted by molar-refractivity contribution is 7.72. The SMILES string of the molecule is Cc1ccc([SH](=O)=O)cc1C. The zero-order valence-corrected chi connectivity index (χ0v) is 7.39. The molecule has 2 nitrogen and oxygen atoms in total. The van der Waals surface area contributed by atoms with Crippen molar-refractivity contribution in [3.8, 4) is 0 Å². The van der Waals surface area contributed by atoms with E-state index >= 15 is 0 Å². The van der Waals surface area contributed by atoms with Gasteiger partial charge in [-0.05, 0) is 37.1 Å². The highest BCUT2D eigenvalue weighted by atomic mass is 32.2. The Morgan fingerprint density at radius 3 is 2.18 bits per heavy atom. The van der Waals surface area contributed by atoms with Crippen LogP contribution in [-0.2, 0) is 10.7 Å². The molecule has 0 aliphatic rings. The molecule has 0 spiro atoms. The van der Waals surface area contributed by atoms with Crippen LogP contribution >= 0.6 is 0 Å². The molecule has 0 aromatic heterocycles. The molecule has 0 heterocycles. The van der Waals surface area contributed by atoms with Crippen LogP contribution in [0.5, 0.6) is 0 Å². The summed E-state index contributed by atoms with van der Waals surface area (Å²) in [6.45, 7) is 3.86. The molecule has 3 heteroatoms. The van der Waals surface area contributed by atoms with Gasteiger partial charge in [0.2, 0.25) is 0 Å². The van der Waals surface area contributed by atoms with E-state index in [1.165, 1.54) is 0 Å². The first-order valence-corrected chi connectivity index (χ1v) is 4.50. The maximum absolute atomic E-state index is 10.5. The van der Waals surface area contributed by atoms with Crippen molar-refractivity contribution < 1.29 is 8.42 Å². The Hall–Kier alpha value is -0.830. The molecule has 0 unspecified atom stereocenters. The highest BCUT2D eigenvalue weighted by Gasteiger charge is 1.96. The van der Waals surface area contributed by atoms with Gasteiger partial charge in [-0.1, -0.05) is 6.07 Å². The van der Waals surface area contributed by atoms with E-state index in [4.69, 9.17) is 0 Å². The Labute approximate surface area is 67.8 Å². The van der Waals surface area contributed by atoms with Crippen LogP contribution in [-0.4, -0.2) is 8.42 Å². The van der Waals surface area contributed by atoms with Crippen LogP contribution in [0.3, 0.4) is 0 Å². The minimum absolute atomic E-state index is 0.392. The number of hydrogen-bond donors (Lipinski definition) is 1. The van der Waals surface area contributed by atoms with Crippen LogP contribution in [0, 0.1) is 13.8 Å². The molecule has 0 saturated heterocycles. The summed E-state index contributed by atoms with van der Waals surface area (Å²) in [4.78, 5) is 0.392. The molecule has 0 radical (unpaired) electrons. The second-order valence-corrected chi connectivity index (χ2v) is 3.56. The first kappa shape index (κ1) is 8.27. The zero-order chi connectivity index (χ0) is 8.43. The van der Waals surface area contributed by atoms with Gasteiger partial charge in [0.25, 0.3) is 0 Å². The summed E-state index contributed by atoms with van der Waals surface area (Å²) in [6.07, 6.45) is 0. The summed E-state index contributed by atoms with van der Waals surface area (Å²) in [5.74, 6) is 0. The summed E-state index contributed by atoms with van der Waals surface area (Å²) in [7, 11) is -2.42. The van der Waals surface area contributed by atoms with Crippen molar-refractivity contribution >= 4 is 10.7 Å². The van der Waals surface area contributed by atoms with Crippen LogP contribution in [0.1, 0.15) is 11.1 Å². The third-order valence-corrected chi connectivity index (χ3v) is 2.40. The van der Waals surface area contributed by atoms with E-state index < -0.39 is 10.7 Å². The predicted molar refractivity (Wildman–Crippen MR) is 44.5 cm³/mol. The molecule has 11 heavy (non-hydrogen) atoms. The minimum Gasteiger partial charge on any atom is -0.227 e. The standard InChI is InChI=1S/C8H10O2S/c1-6-3-4-8(11(9)10)5-7(6)2/h3-5,11H,1-2H3. The first-order chi connectivity index (χ1) is 5.11. The largest absolute Gasteiger partial charge is 0.227 e. The fraction of sp³-hybridized carbons (Fsp3) is 0.250. The van der Waals surface area contributed by atoms with Crippen molar-refractivity contribution in [3.05, 3.63) is 29.3 Å². The van der Waals surface area contributed by atoms with Gasteiger partial charge in [0.15, 0.2) is 10.7 Å². The smallest absolute Gasteiger partial charge is 0.168 e. The molecular formula is C8H10O2S. The Kier molecular flexibility index (Phi) is 2.29. The third kappa shape index (κ3) is 1.80. The van der Waals surface area contributed by atoms with E-state index in [0.29, 0.717) is 4.90 Å². The fourth-order valence-electron chi connectivity index (χ4n) is 0.839. The molecule has 1 aromatic carbocycles. The highest BCUT2D eigenvalue weighted by Crippen LogP contribution is 2.10. The fourth-order valence-corrected chi connectivity index (χ4v) is 1.33. The lowest BCUT2D eigenvalue weighted by atomic mass is 10.1. The number of hydrogen-bond acceptors (Lipinski definition) is 2. The van der Waals surface area contributed by atoms with Crippen LogP contribution in [0.4, 0.5) is 0 Å². The summed E-state index contributed by atoms with van der Waals surface area (Å²) in [5.41, 5.74) is 2.13. The number of rotatable bonds is 1. The van der Waals surface area contributed by atoms with Crippen LogP contribution in [0.2, 0.25) is 0 Å². The molecule has 1 aromatic rings. The second kappa shape index (κ2) is 3.05. The molecule has 0 atom stereocenters. The van der Waals surface area contributed by atoms with Crippen molar-refractivity contribution in [2.75, 3.05) is 0 Å².